The van der Waals surface area contributed by atoms with Gasteiger partial charge in [-0.3, -0.25) is 0 Å². The summed E-state index contributed by atoms with van der Waals surface area (Å²) in [4.78, 5) is 0. The Balaban J connectivity index is 2.62. The van der Waals surface area contributed by atoms with Gasteiger partial charge in [0.2, 0.25) is 0 Å². The fourth-order valence-electron chi connectivity index (χ4n) is 1.29. The zero-order chi connectivity index (χ0) is 11.1. The van der Waals surface area contributed by atoms with Crippen LogP contribution in [0, 0.1) is 11.8 Å². The van der Waals surface area contributed by atoms with Gasteiger partial charge in [-0.2, -0.15) is 0 Å². The second-order valence-electron chi connectivity index (χ2n) is 3.24. The lowest BCUT2D eigenvalue weighted by atomic mass is 10.1. The van der Waals surface area contributed by atoms with Gasteiger partial charge in [0.1, 0.15) is 5.75 Å². The molecule has 1 aromatic rings. The van der Waals surface area contributed by atoms with Gasteiger partial charge in [-0.05, 0) is 19.9 Å². The molecule has 1 rings (SSSR count). The maximum absolute atomic E-state index is 9.50. The SMILES string of the molecule is CC#CCCOc1ccccc1[C@H](C)O. The van der Waals surface area contributed by atoms with Gasteiger partial charge in [0.25, 0.3) is 0 Å². The van der Waals surface area contributed by atoms with Crippen LogP contribution in [0.15, 0.2) is 24.3 Å². The molecule has 0 bridgehead atoms. The second-order valence-corrected chi connectivity index (χ2v) is 3.24. The van der Waals surface area contributed by atoms with Gasteiger partial charge in [0.05, 0.1) is 12.7 Å². The van der Waals surface area contributed by atoms with Crippen molar-refractivity contribution in [2.24, 2.45) is 0 Å². The summed E-state index contributed by atoms with van der Waals surface area (Å²) in [6, 6.07) is 7.51. The first-order valence-electron chi connectivity index (χ1n) is 5.05. The second kappa shape index (κ2) is 6.10. The van der Waals surface area contributed by atoms with E-state index in [0.717, 1.165) is 11.3 Å². The number of benzene rings is 1. The fraction of sp³-hybridized carbons (Fsp3) is 0.385. The van der Waals surface area contributed by atoms with Crippen LogP contribution in [0.1, 0.15) is 31.9 Å². The minimum absolute atomic E-state index is 0.501. The highest BCUT2D eigenvalue weighted by Gasteiger charge is 2.07. The van der Waals surface area contributed by atoms with Crippen molar-refractivity contribution < 1.29 is 9.84 Å². The summed E-state index contributed by atoms with van der Waals surface area (Å²) >= 11 is 0. The van der Waals surface area contributed by atoms with Gasteiger partial charge in [-0.1, -0.05) is 18.2 Å². The lowest BCUT2D eigenvalue weighted by molar-refractivity contribution is 0.191. The molecule has 1 aromatic carbocycles. The lowest BCUT2D eigenvalue weighted by Crippen LogP contribution is -2.01. The summed E-state index contributed by atoms with van der Waals surface area (Å²) in [6.45, 7) is 4.10. The normalized spacial score (nSPS) is 11.4. The van der Waals surface area contributed by atoms with E-state index in [1.165, 1.54) is 0 Å². The van der Waals surface area contributed by atoms with Crippen LogP contribution in [0.5, 0.6) is 5.75 Å². The van der Waals surface area contributed by atoms with E-state index in [1.54, 1.807) is 6.92 Å². The number of rotatable bonds is 4. The third-order valence-corrected chi connectivity index (χ3v) is 2.03. The highest BCUT2D eigenvalue weighted by atomic mass is 16.5. The van der Waals surface area contributed by atoms with Gasteiger partial charge in [0.15, 0.2) is 0 Å². The van der Waals surface area contributed by atoms with Crippen molar-refractivity contribution in [3.63, 3.8) is 0 Å². The highest BCUT2D eigenvalue weighted by Crippen LogP contribution is 2.24. The minimum Gasteiger partial charge on any atom is -0.492 e. The number of hydrogen-bond donors (Lipinski definition) is 1. The first kappa shape index (κ1) is 11.6. The number of ether oxygens (including phenoxy) is 1. The number of para-hydroxylation sites is 1. The minimum atomic E-state index is -0.501. The molecule has 0 saturated heterocycles. The number of aliphatic hydroxyl groups excluding tert-OH is 1. The van der Waals surface area contributed by atoms with E-state index in [-0.39, 0.29) is 0 Å². The van der Waals surface area contributed by atoms with Crippen LogP contribution in [-0.2, 0) is 0 Å². The maximum Gasteiger partial charge on any atom is 0.125 e. The van der Waals surface area contributed by atoms with E-state index in [9.17, 15) is 5.11 Å². The highest BCUT2D eigenvalue weighted by molar-refractivity contribution is 5.34. The van der Waals surface area contributed by atoms with E-state index in [4.69, 9.17) is 4.74 Å². The van der Waals surface area contributed by atoms with Gasteiger partial charge in [0, 0.05) is 12.0 Å². The molecule has 2 heteroatoms. The van der Waals surface area contributed by atoms with Crippen LogP contribution in [0.25, 0.3) is 0 Å². The molecule has 0 aliphatic rings. The average Bonchev–Trinajstić information content (AvgIpc) is 2.25. The summed E-state index contributed by atoms with van der Waals surface area (Å²) in [6.07, 6.45) is 0.212. The molecule has 0 aromatic heterocycles. The van der Waals surface area contributed by atoms with Crippen molar-refractivity contribution in [2.75, 3.05) is 6.61 Å². The Morgan fingerprint density at radius 2 is 2.13 bits per heavy atom. The Bertz CT molecular complexity index is 358. The summed E-state index contributed by atoms with van der Waals surface area (Å²) in [5.74, 6) is 6.48. The number of aliphatic hydroxyl groups is 1. The van der Waals surface area contributed by atoms with E-state index in [1.807, 2.05) is 31.2 Å². The molecule has 0 spiro atoms. The van der Waals surface area contributed by atoms with Crippen LogP contribution >= 0.6 is 0 Å². The summed E-state index contributed by atoms with van der Waals surface area (Å²) in [7, 11) is 0. The van der Waals surface area contributed by atoms with Crippen molar-refractivity contribution in [3.8, 4) is 17.6 Å². The Kier molecular flexibility index (Phi) is 4.73. The fourth-order valence-corrected chi connectivity index (χ4v) is 1.29. The number of hydrogen-bond acceptors (Lipinski definition) is 2. The Hall–Kier alpha value is -1.46. The molecule has 0 aliphatic carbocycles. The molecule has 0 radical (unpaired) electrons. The Labute approximate surface area is 90.9 Å². The van der Waals surface area contributed by atoms with Crippen LogP contribution in [0.4, 0.5) is 0 Å². The average molecular weight is 204 g/mol. The van der Waals surface area contributed by atoms with Crippen molar-refractivity contribution >= 4 is 0 Å². The van der Waals surface area contributed by atoms with Crippen molar-refractivity contribution in [2.45, 2.75) is 26.4 Å². The Morgan fingerprint density at radius 1 is 1.40 bits per heavy atom. The van der Waals surface area contributed by atoms with Crippen molar-refractivity contribution in [1.29, 1.82) is 0 Å². The van der Waals surface area contributed by atoms with Crippen LogP contribution in [-0.4, -0.2) is 11.7 Å². The topological polar surface area (TPSA) is 29.5 Å². The Morgan fingerprint density at radius 3 is 2.80 bits per heavy atom. The van der Waals surface area contributed by atoms with Gasteiger partial charge in [-0.15, -0.1) is 11.8 Å². The van der Waals surface area contributed by atoms with Crippen LogP contribution in [0.3, 0.4) is 0 Å². The maximum atomic E-state index is 9.50. The monoisotopic (exact) mass is 204 g/mol. The molecule has 0 unspecified atom stereocenters. The van der Waals surface area contributed by atoms with Gasteiger partial charge < -0.3 is 9.84 Å². The molecule has 0 fully saturated rings. The molecule has 1 N–H and O–H groups in total. The molecule has 0 aliphatic heterocycles. The predicted octanol–water partition coefficient (Wildman–Crippen LogP) is 2.53. The van der Waals surface area contributed by atoms with E-state index < -0.39 is 6.10 Å². The molecule has 0 heterocycles. The molecule has 80 valence electrons. The van der Waals surface area contributed by atoms with Crippen molar-refractivity contribution in [3.05, 3.63) is 29.8 Å². The van der Waals surface area contributed by atoms with Gasteiger partial charge in [-0.25, -0.2) is 0 Å². The first-order valence-corrected chi connectivity index (χ1v) is 5.05. The predicted molar refractivity (Wildman–Crippen MR) is 60.6 cm³/mol. The third-order valence-electron chi connectivity index (χ3n) is 2.03. The van der Waals surface area contributed by atoms with Crippen molar-refractivity contribution in [1.82, 2.24) is 0 Å². The molecule has 2 nitrogen and oxygen atoms in total. The van der Waals surface area contributed by atoms with Crippen LogP contribution in [0.2, 0.25) is 0 Å². The van der Waals surface area contributed by atoms with Gasteiger partial charge >= 0.3 is 0 Å². The zero-order valence-electron chi connectivity index (χ0n) is 9.16. The quantitative estimate of drug-likeness (QED) is 0.603. The summed E-state index contributed by atoms with van der Waals surface area (Å²) in [5, 5.41) is 9.50. The molecule has 15 heavy (non-hydrogen) atoms. The molecule has 1 atom stereocenters. The van der Waals surface area contributed by atoms with Crippen LogP contribution < -0.4 is 4.74 Å². The molecular formula is C13H16O2. The molecular weight excluding hydrogens is 188 g/mol. The first-order chi connectivity index (χ1) is 7.25. The summed E-state index contributed by atoms with van der Waals surface area (Å²) < 4.78 is 5.54. The van der Waals surface area contributed by atoms with E-state index in [2.05, 4.69) is 11.8 Å². The summed E-state index contributed by atoms with van der Waals surface area (Å²) in [5.41, 5.74) is 0.821. The lowest BCUT2D eigenvalue weighted by Gasteiger charge is -2.12. The zero-order valence-corrected chi connectivity index (χ0v) is 9.16. The van der Waals surface area contributed by atoms with E-state index >= 15 is 0 Å². The molecule has 0 saturated carbocycles. The van der Waals surface area contributed by atoms with E-state index in [0.29, 0.717) is 13.0 Å². The third kappa shape index (κ3) is 3.65. The smallest absolute Gasteiger partial charge is 0.125 e. The largest absolute Gasteiger partial charge is 0.492 e. The standard InChI is InChI=1S/C13H16O2/c1-3-4-7-10-15-13-9-6-5-8-12(13)11(2)14/h5-6,8-9,11,14H,7,10H2,1-2H3/t11-/m0/s1. The molecule has 0 amide bonds.